The zero-order chi connectivity index (χ0) is 19.8. The number of esters is 1. The monoisotopic (exact) mass is 418 g/mol. The molecular formula is C20H22N2O4S2. The predicted molar refractivity (Wildman–Crippen MR) is 110 cm³/mol. The number of nitrogens with zero attached hydrogens (tertiary/aromatic N) is 2. The van der Waals surface area contributed by atoms with Crippen molar-refractivity contribution in [1.82, 2.24) is 9.55 Å². The average molecular weight is 419 g/mol. The maximum absolute atomic E-state index is 13.2. The Hall–Kier alpha value is -2.06. The molecule has 0 fully saturated rings. The molecule has 28 heavy (non-hydrogen) atoms. The fourth-order valence-corrected chi connectivity index (χ4v) is 6.12. The lowest BCUT2D eigenvalue weighted by molar-refractivity contribution is 0.0564. The third-order valence-corrected chi connectivity index (χ3v) is 7.34. The van der Waals surface area contributed by atoms with Crippen LogP contribution in [0, 0.1) is 5.92 Å². The number of ether oxygens (including phenoxy) is 1. The maximum Gasteiger partial charge on any atom is 0.374 e. The van der Waals surface area contributed by atoms with Crippen LogP contribution in [0.5, 0.6) is 0 Å². The number of methoxy groups -OCH3 is 1. The molecule has 4 rings (SSSR count). The summed E-state index contributed by atoms with van der Waals surface area (Å²) in [6.07, 6.45) is 4.58. The summed E-state index contributed by atoms with van der Waals surface area (Å²) in [6.45, 7) is 4.77. The SMILES string of the molecule is CCn1c(SCc2ccoc2C(=O)OC)nc2sc3c(c2c1=O)CCC(C)C3. The van der Waals surface area contributed by atoms with E-state index in [4.69, 9.17) is 14.1 Å². The summed E-state index contributed by atoms with van der Waals surface area (Å²) in [4.78, 5) is 32.0. The number of carbonyl (C=O) groups is 1. The lowest BCUT2D eigenvalue weighted by Gasteiger charge is -2.17. The highest BCUT2D eigenvalue weighted by Gasteiger charge is 2.25. The third kappa shape index (κ3) is 3.28. The molecule has 0 aliphatic heterocycles. The maximum atomic E-state index is 13.2. The largest absolute Gasteiger partial charge is 0.463 e. The highest BCUT2D eigenvalue weighted by atomic mass is 32.2. The van der Waals surface area contributed by atoms with Crippen molar-refractivity contribution in [2.45, 2.75) is 50.6 Å². The van der Waals surface area contributed by atoms with Gasteiger partial charge in [-0.1, -0.05) is 18.7 Å². The van der Waals surface area contributed by atoms with Crippen LogP contribution in [0.4, 0.5) is 0 Å². The molecule has 148 valence electrons. The summed E-state index contributed by atoms with van der Waals surface area (Å²) < 4.78 is 11.7. The molecule has 0 amide bonds. The molecule has 6 nitrogen and oxygen atoms in total. The van der Waals surface area contributed by atoms with Crippen molar-refractivity contribution in [1.29, 1.82) is 0 Å². The number of furan rings is 1. The number of thioether (sulfide) groups is 1. The van der Waals surface area contributed by atoms with E-state index in [1.54, 1.807) is 22.0 Å². The Labute approximate surface area is 170 Å². The Morgan fingerprint density at radius 3 is 3.07 bits per heavy atom. The molecular weight excluding hydrogens is 396 g/mol. The van der Waals surface area contributed by atoms with Crippen LogP contribution in [0.3, 0.4) is 0 Å². The van der Waals surface area contributed by atoms with Crippen molar-refractivity contribution in [2.75, 3.05) is 7.11 Å². The quantitative estimate of drug-likeness (QED) is 0.350. The third-order valence-electron chi connectivity index (χ3n) is 5.17. The van der Waals surface area contributed by atoms with Crippen molar-refractivity contribution >= 4 is 39.3 Å². The topological polar surface area (TPSA) is 74.3 Å². The first-order valence-electron chi connectivity index (χ1n) is 9.36. The van der Waals surface area contributed by atoms with Gasteiger partial charge in [-0.15, -0.1) is 11.3 Å². The number of aromatic nitrogens is 2. The molecule has 8 heteroatoms. The number of rotatable bonds is 5. The molecule has 1 aliphatic carbocycles. The number of fused-ring (bicyclic) bond motifs is 3. The first-order chi connectivity index (χ1) is 13.5. The van der Waals surface area contributed by atoms with Crippen LogP contribution >= 0.6 is 23.1 Å². The van der Waals surface area contributed by atoms with Gasteiger partial charge < -0.3 is 9.15 Å². The lowest BCUT2D eigenvalue weighted by atomic mass is 9.89. The van der Waals surface area contributed by atoms with Crippen molar-refractivity contribution < 1.29 is 13.9 Å². The Balaban J connectivity index is 1.71. The predicted octanol–water partition coefficient (Wildman–Crippen LogP) is 4.27. The van der Waals surface area contributed by atoms with Gasteiger partial charge in [0.2, 0.25) is 5.76 Å². The molecule has 1 unspecified atom stereocenters. The van der Waals surface area contributed by atoms with E-state index in [1.807, 2.05) is 6.92 Å². The van der Waals surface area contributed by atoms with Crippen LogP contribution in [0.2, 0.25) is 0 Å². The van der Waals surface area contributed by atoms with Crippen LogP contribution in [-0.4, -0.2) is 22.6 Å². The Morgan fingerprint density at radius 2 is 2.32 bits per heavy atom. The minimum atomic E-state index is -0.503. The van der Waals surface area contributed by atoms with Gasteiger partial charge in [-0.05, 0) is 43.7 Å². The molecule has 1 aliphatic rings. The number of thiophene rings is 1. The van der Waals surface area contributed by atoms with Gasteiger partial charge in [0.1, 0.15) is 4.83 Å². The average Bonchev–Trinajstić information content (AvgIpc) is 3.29. The zero-order valence-corrected chi connectivity index (χ0v) is 17.7. The summed E-state index contributed by atoms with van der Waals surface area (Å²) >= 11 is 3.09. The molecule has 0 saturated heterocycles. The molecule has 0 bridgehead atoms. The van der Waals surface area contributed by atoms with E-state index in [0.717, 1.165) is 35.0 Å². The minimum absolute atomic E-state index is 0.0439. The van der Waals surface area contributed by atoms with Crippen LogP contribution < -0.4 is 5.56 Å². The van der Waals surface area contributed by atoms with Gasteiger partial charge in [0.05, 0.1) is 18.8 Å². The summed E-state index contributed by atoms with van der Waals surface area (Å²) in [7, 11) is 1.32. The van der Waals surface area contributed by atoms with Crippen molar-refractivity contribution in [2.24, 2.45) is 5.92 Å². The Kier molecular flexibility index (Phi) is 5.33. The summed E-state index contributed by atoms with van der Waals surface area (Å²) in [5.74, 6) is 0.820. The van der Waals surface area contributed by atoms with Gasteiger partial charge in [-0.2, -0.15) is 0 Å². The first-order valence-corrected chi connectivity index (χ1v) is 11.2. The highest BCUT2D eigenvalue weighted by molar-refractivity contribution is 7.98. The van der Waals surface area contributed by atoms with Gasteiger partial charge in [0.15, 0.2) is 5.16 Å². The number of hydrogen-bond acceptors (Lipinski definition) is 7. The number of hydrogen-bond donors (Lipinski definition) is 0. The van der Waals surface area contributed by atoms with E-state index in [-0.39, 0.29) is 11.3 Å². The van der Waals surface area contributed by atoms with Crippen molar-refractivity contribution in [3.63, 3.8) is 0 Å². The van der Waals surface area contributed by atoms with Gasteiger partial charge in [-0.3, -0.25) is 9.36 Å². The summed E-state index contributed by atoms with van der Waals surface area (Å²) in [5, 5.41) is 1.47. The van der Waals surface area contributed by atoms with E-state index in [0.29, 0.717) is 23.4 Å². The Morgan fingerprint density at radius 1 is 1.50 bits per heavy atom. The van der Waals surface area contributed by atoms with E-state index < -0.39 is 5.97 Å². The van der Waals surface area contributed by atoms with E-state index in [9.17, 15) is 9.59 Å². The second-order valence-corrected chi connectivity index (χ2v) is 9.06. The number of carbonyl (C=O) groups excluding carboxylic acids is 1. The fourth-order valence-electron chi connectivity index (χ4n) is 3.66. The Bertz CT molecular complexity index is 1100. The standard InChI is InChI=1S/C20H22N2O4S2/c1-4-22-18(23)15-13-6-5-11(2)9-14(13)28-17(15)21-20(22)27-10-12-7-8-26-16(12)19(24)25-3/h7-8,11H,4-6,9-10H2,1-3H3. The lowest BCUT2D eigenvalue weighted by Crippen LogP contribution is -2.23. The van der Waals surface area contributed by atoms with E-state index >= 15 is 0 Å². The molecule has 0 radical (unpaired) electrons. The molecule has 0 saturated carbocycles. The van der Waals surface area contributed by atoms with Gasteiger partial charge in [-0.25, -0.2) is 9.78 Å². The number of aryl methyl sites for hydroxylation is 1. The van der Waals surface area contributed by atoms with Crippen LogP contribution in [0.1, 0.15) is 46.8 Å². The molecule has 0 aromatic carbocycles. The normalized spacial score (nSPS) is 16.3. The van der Waals surface area contributed by atoms with Gasteiger partial charge >= 0.3 is 5.97 Å². The zero-order valence-electron chi connectivity index (χ0n) is 16.1. The first kappa shape index (κ1) is 19.3. The smallest absolute Gasteiger partial charge is 0.374 e. The molecule has 1 atom stereocenters. The van der Waals surface area contributed by atoms with Crippen molar-refractivity contribution in [3.05, 3.63) is 44.4 Å². The molecule has 3 heterocycles. The summed E-state index contributed by atoms with van der Waals surface area (Å²) in [6, 6.07) is 1.75. The van der Waals surface area contributed by atoms with E-state index in [1.165, 1.54) is 35.6 Å². The highest BCUT2D eigenvalue weighted by Crippen LogP contribution is 2.37. The van der Waals surface area contributed by atoms with Crippen LogP contribution in [0.15, 0.2) is 26.7 Å². The summed E-state index contributed by atoms with van der Waals surface area (Å²) in [5.41, 5.74) is 1.98. The molecule has 3 aromatic rings. The van der Waals surface area contributed by atoms with Gasteiger partial charge in [0.25, 0.3) is 5.56 Å². The molecule has 0 spiro atoms. The minimum Gasteiger partial charge on any atom is -0.463 e. The van der Waals surface area contributed by atoms with Crippen molar-refractivity contribution in [3.8, 4) is 0 Å². The second-order valence-electron chi connectivity index (χ2n) is 7.03. The van der Waals surface area contributed by atoms with E-state index in [2.05, 4.69) is 6.92 Å². The molecule has 3 aromatic heterocycles. The molecule has 0 N–H and O–H groups in total. The fraction of sp³-hybridized carbons (Fsp3) is 0.450. The van der Waals surface area contributed by atoms with Crippen LogP contribution in [0.25, 0.3) is 10.2 Å². The van der Waals surface area contributed by atoms with Gasteiger partial charge in [0, 0.05) is 22.7 Å². The van der Waals surface area contributed by atoms with Crippen LogP contribution in [-0.2, 0) is 29.9 Å². The second kappa shape index (κ2) is 7.75.